The van der Waals surface area contributed by atoms with Crippen molar-refractivity contribution in [1.82, 2.24) is 4.90 Å². The molecular weight excluding hydrogens is 602 g/mol. The summed E-state index contributed by atoms with van der Waals surface area (Å²) in [5, 5.41) is 9.79. The lowest BCUT2D eigenvalue weighted by Gasteiger charge is -2.66. The molecule has 5 fully saturated rings. The van der Waals surface area contributed by atoms with Gasteiger partial charge in [-0.05, 0) is 117 Å². The predicted molar refractivity (Wildman–Crippen MR) is 171 cm³/mol. The Balaban J connectivity index is 0.000000300. The minimum atomic E-state index is -0.785. The van der Waals surface area contributed by atoms with Gasteiger partial charge in [0.05, 0.1) is 5.92 Å². The first-order valence-electron chi connectivity index (χ1n) is 17.7. The Morgan fingerprint density at radius 1 is 1.02 bits per heavy atom. The van der Waals surface area contributed by atoms with E-state index in [0.29, 0.717) is 54.1 Å². The van der Waals surface area contributed by atoms with Crippen LogP contribution in [0.15, 0.2) is 25.3 Å². The van der Waals surface area contributed by atoms with Gasteiger partial charge in [-0.25, -0.2) is 4.79 Å². The number of carboxylic acids is 1. The molecular formula is C37H51NO9. The second-order valence-corrected chi connectivity index (χ2v) is 16.2. The summed E-state index contributed by atoms with van der Waals surface area (Å²) in [6, 6.07) is 0.331. The van der Waals surface area contributed by atoms with Crippen LogP contribution in [0.2, 0.25) is 0 Å². The molecule has 10 unspecified atom stereocenters. The van der Waals surface area contributed by atoms with E-state index >= 15 is 0 Å². The summed E-state index contributed by atoms with van der Waals surface area (Å²) in [5.74, 6) is 1.06. The van der Waals surface area contributed by atoms with Gasteiger partial charge in [0.25, 0.3) is 6.47 Å². The number of aryl methyl sites for hydroxylation is 1. The highest BCUT2D eigenvalue weighted by Gasteiger charge is 2.65. The Hall–Kier alpha value is -3.17. The maximum Gasteiger partial charge on any atom is 0.519 e. The summed E-state index contributed by atoms with van der Waals surface area (Å²) in [5.41, 5.74) is 1.37. The van der Waals surface area contributed by atoms with Crippen LogP contribution in [-0.2, 0) is 30.5 Å². The fourth-order valence-corrected chi connectivity index (χ4v) is 11.7. The number of carbonyl (C=O) groups is 4. The minimum Gasteiger partial charge on any atom is -0.481 e. The molecule has 0 aromatic carbocycles. The molecule has 1 aliphatic heterocycles. The quantitative estimate of drug-likeness (QED) is 0.374. The van der Waals surface area contributed by atoms with Crippen molar-refractivity contribution in [3.05, 3.63) is 33.8 Å². The lowest BCUT2D eigenvalue weighted by Crippen LogP contribution is -2.63. The third-order valence-electron chi connectivity index (χ3n) is 14.0. The van der Waals surface area contributed by atoms with Gasteiger partial charge in [-0.2, -0.15) is 0 Å². The van der Waals surface area contributed by atoms with E-state index in [1.54, 1.807) is 6.92 Å². The van der Waals surface area contributed by atoms with Crippen molar-refractivity contribution < 1.29 is 37.9 Å². The largest absolute Gasteiger partial charge is 0.519 e. The summed E-state index contributed by atoms with van der Waals surface area (Å²) in [7, 11) is 0. The van der Waals surface area contributed by atoms with Gasteiger partial charge in [-0.3, -0.25) is 19.2 Å². The second kappa shape index (κ2) is 12.4. The first kappa shape index (κ1) is 33.7. The molecule has 2 heterocycles. The molecule has 1 N–H and O–H groups in total. The van der Waals surface area contributed by atoms with Crippen LogP contribution in [0, 0.1) is 58.7 Å². The monoisotopic (exact) mass is 653 g/mol. The van der Waals surface area contributed by atoms with E-state index in [1.165, 1.54) is 5.57 Å². The number of ketones is 1. The normalized spacial score (nSPS) is 40.9. The topological polar surface area (TPSA) is 144 Å². The van der Waals surface area contributed by atoms with E-state index in [0.717, 1.165) is 64.3 Å². The first-order chi connectivity index (χ1) is 22.2. The van der Waals surface area contributed by atoms with E-state index in [4.69, 9.17) is 0 Å². The zero-order chi connectivity index (χ0) is 33.9. The molecule has 10 heteroatoms. The number of fused-ring (bicyclic) bond motifs is 7. The highest BCUT2D eigenvalue weighted by Crippen LogP contribution is 2.69. The zero-order valence-corrected chi connectivity index (χ0v) is 28.5. The Morgan fingerprint density at radius 2 is 1.74 bits per heavy atom. The summed E-state index contributed by atoms with van der Waals surface area (Å²) < 4.78 is 13.3. The predicted octanol–water partition coefficient (Wildman–Crippen LogP) is 6.09. The summed E-state index contributed by atoms with van der Waals surface area (Å²) in [6.45, 7) is 12.2. The van der Waals surface area contributed by atoms with Gasteiger partial charge >= 0.3 is 11.8 Å². The third-order valence-corrected chi connectivity index (χ3v) is 14.0. The maximum absolute atomic E-state index is 14.2. The van der Waals surface area contributed by atoms with Crippen molar-refractivity contribution in [2.75, 3.05) is 6.54 Å². The number of likely N-dealkylation sites (tertiary alicyclic amines) is 1. The Morgan fingerprint density at radius 3 is 2.38 bits per heavy atom. The van der Waals surface area contributed by atoms with Gasteiger partial charge < -0.3 is 23.6 Å². The molecule has 1 amide bonds. The molecule has 7 rings (SSSR count). The molecule has 4 saturated carbocycles. The SMILES string of the molecule is CC1C(N2CCCC2=O)CCC2(C)C1CCC1(C)C3CCC4(C)CCC(C(=O)O)CC4C3=CC(=O)C12.Cc1oc(=O)oc1COC=O. The summed E-state index contributed by atoms with van der Waals surface area (Å²) in [4.78, 5) is 61.0. The second-order valence-electron chi connectivity index (χ2n) is 16.2. The van der Waals surface area contributed by atoms with E-state index in [1.807, 2.05) is 6.08 Å². The highest BCUT2D eigenvalue weighted by atomic mass is 16.6. The Bertz CT molecular complexity index is 1510. The number of nitrogens with zero attached hydrogens (tertiary/aromatic N) is 1. The molecule has 6 aliphatic rings. The molecule has 47 heavy (non-hydrogen) atoms. The van der Waals surface area contributed by atoms with Crippen LogP contribution in [0.1, 0.15) is 110 Å². The van der Waals surface area contributed by atoms with Crippen LogP contribution in [0.5, 0.6) is 0 Å². The standard InChI is InChI=1S/C31H45NO4.C6H6O5/c1-18-21-9-13-31(4)22-8-12-29(2)11-7-19(28(35)36)16-23(29)20(22)17-25(33)27(31)30(21,3)14-10-24(18)32-15-5-6-26(32)34;1-4-5(2-9-3-7)11-6(8)10-4/h17-19,21-24,27H,5-16H2,1-4H3,(H,35,36);3H,2H2,1H3. The molecule has 0 radical (unpaired) electrons. The van der Waals surface area contributed by atoms with E-state index in [2.05, 4.69) is 46.2 Å². The number of carbonyl (C=O) groups excluding carboxylic acids is 3. The summed E-state index contributed by atoms with van der Waals surface area (Å²) >= 11 is 0. The number of hydrogen-bond donors (Lipinski definition) is 1. The fraction of sp³-hybridized carbons (Fsp3) is 0.757. The molecule has 1 saturated heterocycles. The highest BCUT2D eigenvalue weighted by molar-refractivity contribution is 5.95. The Kier molecular flexibility index (Phi) is 8.88. The number of aliphatic carboxylic acids is 1. The van der Waals surface area contributed by atoms with Gasteiger partial charge in [0.1, 0.15) is 0 Å². The van der Waals surface area contributed by atoms with Crippen LogP contribution in [0.4, 0.5) is 0 Å². The van der Waals surface area contributed by atoms with Crippen LogP contribution in [0.25, 0.3) is 0 Å². The van der Waals surface area contributed by atoms with Crippen molar-refractivity contribution in [2.45, 2.75) is 118 Å². The van der Waals surface area contributed by atoms with Crippen LogP contribution in [-0.4, -0.2) is 46.7 Å². The fourth-order valence-electron chi connectivity index (χ4n) is 11.7. The van der Waals surface area contributed by atoms with Crippen LogP contribution in [0.3, 0.4) is 0 Å². The van der Waals surface area contributed by atoms with Gasteiger partial charge in [0.15, 0.2) is 23.9 Å². The first-order valence-corrected chi connectivity index (χ1v) is 17.7. The van der Waals surface area contributed by atoms with Gasteiger partial charge in [0.2, 0.25) is 5.91 Å². The average molecular weight is 654 g/mol. The molecule has 10 atom stereocenters. The molecule has 1 aromatic heterocycles. The summed E-state index contributed by atoms with van der Waals surface area (Å²) in [6.07, 6.45) is 12.7. The number of hydrogen-bond acceptors (Lipinski definition) is 8. The van der Waals surface area contributed by atoms with E-state index in [-0.39, 0.29) is 52.8 Å². The van der Waals surface area contributed by atoms with Crippen LogP contribution < -0.4 is 5.82 Å². The van der Waals surface area contributed by atoms with Crippen LogP contribution >= 0.6 is 0 Å². The number of allylic oxidation sites excluding steroid dienone is 2. The smallest absolute Gasteiger partial charge is 0.481 e. The van der Waals surface area contributed by atoms with Crippen molar-refractivity contribution in [3.8, 4) is 0 Å². The molecule has 0 bridgehead atoms. The molecule has 0 spiro atoms. The van der Waals surface area contributed by atoms with E-state index < -0.39 is 11.8 Å². The van der Waals surface area contributed by atoms with Gasteiger partial charge in [-0.15, -0.1) is 0 Å². The number of amides is 1. The van der Waals surface area contributed by atoms with Crippen molar-refractivity contribution in [1.29, 1.82) is 0 Å². The molecule has 258 valence electrons. The van der Waals surface area contributed by atoms with Gasteiger partial charge in [-0.1, -0.05) is 33.3 Å². The molecule has 1 aromatic rings. The van der Waals surface area contributed by atoms with Gasteiger partial charge in [0, 0.05) is 24.9 Å². The zero-order valence-electron chi connectivity index (χ0n) is 28.5. The van der Waals surface area contributed by atoms with Crippen molar-refractivity contribution >= 4 is 24.1 Å². The maximum atomic E-state index is 14.2. The minimum absolute atomic E-state index is 0.0261. The Labute approximate surface area is 276 Å². The van der Waals surface area contributed by atoms with Crippen molar-refractivity contribution in [3.63, 3.8) is 0 Å². The van der Waals surface area contributed by atoms with E-state index in [9.17, 15) is 29.1 Å². The lowest BCUT2D eigenvalue weighted by atomic mass is 9.38. The van der Waals surface area contributed by atoms with Crippen molar-refractivity contribution in [2.24, 2.45) is 51.8 Å². The third kappa shape index (κ3) is 5.61. The number of ether oxygens (including phenoxy) is 1. The average Bonchev–Trinajstić information content (AvgIpc) is 3.58. The molecule has 5 aliphatic carbocycles. The lowest BCUT2D eigenvalue weighted by molar-refractivity contribution is -0.167. The number of carboxylic acid groups (broad SMARTS) is 1. The molecule has 10 nitrogen and oxygen atoms in total. The number of rotatable bonds is 5.